The lowest BCUT2D eigenvalue weighted by atomic mass is 9.91. The van der Waals surface area contributed by atoms with Gasteiger partial charge in [0.2, 0.25) is 11.8 Å². The molecule has 4 aromatic rings. The molecular weight excluding hydrogens is 536 g/mol. The van der Waals surface area contributed by atoms with Crippen molar-refractivity contribution in [3.8, 4) is 22.9 Å². The SMILES string of the molecule is Nc1n[nH]c(=O)c2c1c(-c1ccc(Oc3ccccn3)cc1)nn2C1CCC(NC(=O)/C=C/CN2CCOCC2)CC1. The highest BCUT2D eigenvalue weighted by Gasteiger charge is 2.28. The third kappa shape index (κ3) is 6.19. The van der Waals surface area contributed by atoms with Gasteiger partial charge in [-0.2, -0.15) is 10.2 Å². The molecule has 12 nitrogen and oxygen atoms in total. The van der Waals surface area contributed by atoms with E-state index in [1.165, 1.54) is 0 Å². The molecule has 0 bridgehead atoms. The van der Waals surface area contributed by atoms with Gasteiger partial charge in [0.15, 0.2) is 5.82 Å². The Hall–Kier alpha value is -4.55. The van der Waals surface area contributed by atoms with Gasteiger partial charge in [-0.1, -0.05) is 12.1 Å². The standard InChI is InChI=1S/C30H34N8O4/c31-29-26-27(20-6-12-23(13-7-20)42-25-5-1-2-14-32-25)36-38(28(26)30(40)35-34-29)22-10-8-21(9-11-22)33-24(39)4-3-15-37-16-18-41-19-17-37/h1-7,12-14,21-22H,8-11,15-19H2,(H2,31,34)(H,33,39)(H,35,40)/b4-3+. The lowest BCUT2D eigenvalue weighted by Crippen LogP contribution is -2.38. The fourth-order valence-electron chi connectivity index (χ4n) is 5.60. The smallest absolute Gasteiger partial charge is 0.290 e. The number of carbonyl (C=O) groups excluding carboxylic acids is 1. The summed E-state index contributed by atoms with van der Waals surface area (Å²) in [6.45, 7) is 3.98. The number of hydrogen-bond acceptors (Lipinski definition) is 9. The average Bonchev–Trinajstić information content (AvgIpc) is 3.43. The molecule has 2 fully saturated rings. The maximum atomic E-state index is 13.0. The number of aromatic nitrogens is 5. The van der Waals surface area contributed by atoms with Crippen LogP contribution in [0, 0.1) is 0 Å². The van der Waals surface area contributed by atoms with Gasteiger partial charge in [0, 0.05) is 49.6 Å². The van der Waals surface area contributed by atoms with E-state index in [-0.39, 0.29) is 29.4 Å². The minimum Gasteiger partial charge on any atom is -0.439 e. The van der Waals surface area contributed by atoms with Crippen molar-refractivity contribution in [2.75, 3.05) is 38.6 Å². The van der Waals surface area contributed by atoms with Gasteiger partial charge in [-0.15, -0.1) is 0 Å². The summed E-state index contributed by atoms with van der Waals surface area (Å²) in [7, 11) is 0. The van der Waals surface area contributed by atoms with Crippen molar-refractivity contribution in [1.29, 1.82) is 0 Å². The normalized spacial score (nSPS) is 19.7. The molecule has 1 aliphatic heterocycles. The van der Waals surface area contributed by atoms with Crippen LogP contribution in [0.15, 0.2) is 65.6 Å². The first kappa shape index (κ1) is 27.6. The molecule has 4 heterocycles. The second kappa shape index (κ2) is 12.5. The quantitative estimate of drug-likeness (QED) is 0.271. The molecule has 1 aromatic carbocycles. The van der Waals surface area contributed by atoms with Crippen LogP contribution in [0.1, 0.15) is 31.7 Å². The number of nitrogens with zero attached hydrogens (tertiary/aromatic N) is 5. The van der Waals surface area contributed by atoms with Crippen molar-refractivity contribution in [2.24, 2.45) is 0 Å². The van der Waals surface area contributed by atoms with Crippen molar-refractivity contribution < 1.29 is 14.3 Å². The molecule has 0 radical (unpaired) electrons. The van der Waals surface area contributed by atoms with E-state index in [9.17, 15) is 9.59 Å². The number of nitrogens with one attached hydrogen (secondary N) is 2. The van der Waals surface area contributed by atoms with Crippen LogP contribution < -0.4 is 21.3 Å². The number of H-pyrrole nitrogens is 1. The van der Waals surface area contributed by atoms with Crippen molar-refractivity contribution in [3.05, 3.63) is 71.2 Å². The van der Waals surface area contributed by atoms with Crippen molar-refractivity contribution in [1.82, 2.24) is 35.2 Å². The van der Waals surface area contributed by atoms with Crippen LogP contribution in [0.4, 0.5) is 5.82 Å². The maximum absolute atomic E-state index is 13.0. The second-order valence-corrected chi connectivity index (χ2v) is 10.6. The highest BCUT2D eigenvalue weighted by atomic mass is 16.5. The van der Waals surface area contributed by atoms with E-state index in [1.54, 1.807) is 23.0 Å². The zero-order valence-electron chi connectivity index (χ0n) is 23.2. The van der Waals surface area contributed by atoms with Crippen molar-refractivity contribution in [3.63, 3.8) is 0 Å². The lowest BCUT2D eigenvalue weighted by molar-refractivity contribution is -0.117. The average molecular weight is 571 g/mol. The Balaban J connectivity index is 1.15. The maximum Gasteiger partial charge on any atom is 0.290 e. The molecule has 2 aliphatic rings. The van der Waals surface area contributed by atoms with Crippen LogP contribution >= 0.6 is 0 Å². The summed E-state index contributed by atoms with van der Waals surface area (Å²) in [5.74, 6) is 1.26. The predicted octanol–water partition coefficient (Wildman–Crippen LogP) is 3.04. The van der Waals surface area contributed by atoms with E-state index < -0.39 is 0 Å². The largest absolute Gasteiger partial charge is 0.439 e. The van der Waals surface area contributed by atoms with E-state index >= 15 is 0 Å². The Morgan fingerprint density at radius 2 is 1.90 bits per heavy atom. The Labute approximate surface area is 242 Å². The van der Waals surface area contributed by atoms with Crippen molar-refractivity contribution >= 4 is 22.6 Å². The Kier molecular flexibility index (Phi) is 8.24. The Bertz CT molecular complexity index is 1600. The first-order valence-corrected chi connectivity index (χ1v) is 14.3. The Morgan fingerprint density at radius 1 is 1.12 bits per heavy atom. The number of hydrogen-bond donors (Lipinski definition) is 3. The molecule has 1 amide bonds. The number of benzene rings is 1. The number of nitrogens with two attached hydrogens (primary N) is 1. The van der Waals surface area contributed by atoms with E-state index in [0.29, 0.717) is 28.2 Å². The number of ether oxygens (including phenoxy) is 2. The van der Waals surface area contributed by atoms with E-state index in [1.807, 2.05) is 42.5 Å². The number of carbonyl (C=O) groups is 1. The first-order chi connectivity index (χ1) is 20.5. The fraction of sp³-hybridized carbons (Fsp3) is 0.367. The fourth-order valence-corrected chi connectivity index (χ4v) is 5.60. The van der Waals surface area contributed by atoms with Gasteiger partial charge in [0.1, 0.15) is 17.0 Å². The van der Waals surface area contributed by atoms with Crippen LogP contribution in [0.3, 0.4) is 0 Å². The van der Waals surface area contributed by atoms with Crippen LogP contribution in [-0.4, -0.2) is 74.7 Å². The van der Waals surface area contributed by atoms with Gasteiger partial charge in [0.25, 0.3) is 5.56 Å². The highest BCUT2D eigenvalue weighted by molar-refractivity contribution is 5.99. The molecule has 1 aliphatic carbocycles. The van der Waals surface area contributed by atoms with Crippen LogP contribution in [0.25, 0.3) is 22.2 Å². The molecular formula is C30H34N8O4. The zero-order chi connectivity index (χ0) is 28.9. The number of fused-ring (bicyclic) bond motifs is 1. The van der Waals surface area contributed by atoms with E-state index in [4.69, 9.17) is 20.3 Å². The minimum absolute atomic E-state index is 0.0130. The molecule has 42 heavy (non-hydrogen) atoms. The number of amides is 1. The van der Waals surface area contributed by atoms with Crippen LogP contribution in [0.2, 0.25) is 0 Å². The van der Waals surface area contributed by atoms with Crippen LogP contribution in [-0.2, 0) is 9.53 Å². The molecule has 1 saturated heterocycles. The number of anilines is 1. The summed E-state index contributed by atoms with van der Waals surface area (Å²) >= 11 is 0. The summed E-state index contributed by atoms with van der Waals surface area (Å²) in [5.41, 5.74) is 7.72. The first-order valence-electron chi connectivity index (χ1n) is 14.3. The van der Waals surface area contributed by atoms with Gasteiger partial charge in [-0.25, -0.2) is 10.1 Å². The molecule has 0 unspecified atom stereocenters. The zero-order valence-corrected chi connectivity index (χ0v) is 23.2. The second-order valence-electron chi connectivity index (χ2n) is 10.6. The molecule has 0 atom stereocenters. The minimum atomic E-state index is -0.339. The van der Waals surface area contributed by atoms with E-state index in [2.05, 4.69) is 25.4 Å². The van der Waals surface area contributed by atoms with Gasteiger partial charge in [-0.05, 0) is 56.0 Å². The third-order valence-corrected chi connectivity index (χ3v) is 7.77. The Morgan fingerprint density at radius 3 is 2.64 bits per heavy atom. The molecule has 3 aromatic heterocycles. The number of aromatic amines is 1. The number of morpholine rings is 1. The summed E-state index contributed by atoms with van der Waals surface area (Å²) in [4.78, 5) is 31.9. The molecule has 1 saturated carbocycles. The number of nitrogen functional groups attached to an aromatic ring is 1. The van der Waals surface area contributed by atoms with E-state index in [0.717, 1.165) is 64.1 Å². The van der Waals surface area contributed by atoms with Crippen molar-refractivity contribution in [2.45, 2.75) is 37.8 Å². The molecule has 0 spiro atoms. The molecule has 218 valence electrons. The molecule has 4 N–H and O–H groups in total. The predicted molar refractivity (Wildman–Crippen MR) is 158 cm³/mol. The monoisotopic (exact) mass is 570 g/mol. The van der Waals surface area contributed by atoms with Gasteiger partial charge in [0.05, 0.1) is 24.6 Å². The summed E-state index contributed by atoms with van der Waals surface area (Å²) in [5, 5.41) is 15.1. The summed E-state index contributed by atoms with van der Waals surface area (Å²) in [6, 6.07) is 12.9. The lowest BCUT2D eigenvalue weighted by Gasteiger charge is -2.29. The van der Waals surface area contributed by atoms with Gasteiger partial charge < -0.3 is 20.5 Å². The van der Waals surface area contributed by atoms with Gasteiger partial charge >= 0.3 is 0 Å². The highest BCUT2D eigenvalue weighted by Crippen LogP contribution is 2.36. The third-order valence-electron chi connectivity index (χ3n) is 7.77. The summed E-state index contributed by atoms with van der Waals surface area (Å²) < 4.78 is 13.0. The number of pyridine rings is 1. The number of rotatable bonds is 8. The molecule has 6 rings (SSSR count). The summed E-state index contributed by atoms with van der Waals surface area (Å²) in [6.07, 6.45) is 8.28. The van der Waals surface area contributed by atoms with Gasteiger partial charge in [-0.3, -0.25) is 19.2 Å². The van der Waals surface area contributed by atoms with Crippen LogP contribution in [0.5, 0.6) is 11.6 Å². The topological polar surface area (TPSA) is 153 Å². The molecule has 12 heteroatoms.